The molecule has 2 aliphatic heterocycles. The molecule has 5 nitrogen and oxygen atoms in total. The van der Waals surface area contributed by atoms with Gasteiger partial charge in [-0.1, -0.05) is 17.7 Å². The summed E-state index contributed by atoms with van der Waals surface area (Å²) in [6.45, 7) is 5.25. The Balaban J connectivity index is 0.00000243. The number of amides is 2. The summed E-state index contributed by atoms with van der Waals surface area (Å²) in [6, 6.07) is 8.01. The van der Waals surface area contributed by atoms with Gasteiger partial charge in [-0.3, -0.25) is 9.59 Å². The Labute approximate surface area is 162 Å². The van der Waals surface area contributed by atoms with Crippen molar-refractivity contribution in [2.45, 2.75) is 38.6 Å². The zero-order valence-corrected chi connectivity index (χ0v) is 16.6. The van der Waals surface area contributed by atoms with Crippen molar-refractivity contribution in [3.8, 4) is 0 Å². The Bertz CT molecular complexity index is 614. The number of carbonyl (C=O) groups excluding carboxylic acids is 2. The molecular formula is C20H30ClN3O2. The first kappa shape index (κ1) is 20.7. The van der Waals surface area contributed by atoms with E-state index in [0.717, 1.165) is 50.9 Å². The molecule has 3 rings (SSSR count). The average Bonchev–Trinajstić information content (AvgIpc) is 2.67. The third-order valence-corrected chi connectivity index (χ3v) is 5.56. The fourth-order valence-corrected chi connectivity index (χ4v) is 3.90. The maximum Gasteiger partial charge on any atom is 0.253 e. The molecular weight excluding hydrogens is 350 g/mol. The second-order valence-electron chi connectivity index (χ2n) is 7.39. The number of rotatable bonds is 3. The van der Waals surface area contributed by atoms with Crippen molar-refractivity contribution in [3.05, 3.63) is 35.4 Å². The van der Waals surface area contributed by atoms with Crippen LogP contribution < -0.4 is 5.32 Å². The Hall–Kier alpha value is -1.59. The molecule has 2 aliphatic rings. The highest BCUT2D eigenvalue weighted by atomic mass is 35.5. The van der Waals surface area contributed by atoms with Gasteiger partial charge in [0.25, 0.3) is 5.91 Å². The van der Waals surface area contributed by atoms with Crippen LogP contribution in [0.1, 0.15) is 41.6 Å². The molecule has 144 valence electrons. The van der Waals surface area contributed by atoms with Gasteiger partial charge in [-0.25, -0.2) is 0 Å². The quantitative estimate of drug-likeness (QED) is 0.877. The minimum absolute atomic E-state index is 0. The lowest BCUT2D eigenvalue weighted by atomic mass is 9.94. The van der Waals surface area contributed by atoms with E-state index in [1.165, 1.54) is 0 Å². The molecule has 0 aromatic heterocycles. The summed E-state index contributed by atoms with van der Waals surface area (Å²) < 4.78 is 0. The second kappa shape index (κ2) is 9.38. The number of nitrogens with zero attached hydrogens (tertiary/aromatic N) is 2. The number of nitrogens with one attached hydrogen (secondary N) is 1. The van der Waals surface area contributed by atoms with Crippen molar-refractivity contribution >= 4 is 24.2 Å². The smallest absolute Gasteiger partial charge is 0.253 e. The number of likely N-dealkylation sites (tertiary alicyclic amines) is 1. The lowest BCUT2D eigenvalue weighted by Crippen LogP contribution is -2.50. The van der Waals surface area contributed by atoms with Crippen LogP contribution in [0.2, 0.25) is 0 Å². The summed E-state index contributed by atoms with van der Waals surface area (Å²) in [5.41, 5.74) is 1.86. The summed E-state index contributed by atoms with van der Waals surface area (Å²) in [6.07, 6.45) is 3.81. The van der Waals surface area contributed by atoms with E-state index >= 15 is 0 Å². The molecule has 1 unspecified atom stereocenters. The maximum absolute atomic E-state index is 12.9. The Morgan fingerprint density at radius 3 is 2.42 bits per heavy atom. The fraction of sp³-hybridized carbons (Fsp3) is 0.600. The molecule has 0 aliphatic carbocycles. The minimum Gasteiger partial charge on any atom is -0.342 e. The summed E-state index contributed by atoms with van der Waals surface area (Å²) in [4.78, 5) is 29.4. The van der Waals surface area contributed by atoms with Gasteiger partial charge in [0.05, 0.1) is 5.92 Å². The normalized spacial score (nSPS) is 21.0. The summed E-state index contributed by atoms with van der Waals surface area (Å²) in [5.74, 6) is 0.179. The summed E-state index contributed by atoms with van der Waals surface area (Å²) in [5, 5.41) is 3.34. The Morgan fingerprint density at radius 2 is 1.77 bits per heavy atom. The molecule has 0 saturated carbocycles. The van der Waals surface area contributed by atoms with E-state index in [1.807, 2.05) is 48.0 Å². The van der Waals surface area contributed by atoms with E-state index in [4.69, 9.17) is 0 Å². The number of halogens is 1. The number of piperidine rings is 2. The number of hydrogen-bond acceptors (Lipinski definition) is 3. The zero-order valence-electron chi connectivity index (χ0n) is 15.7. The van der Waals surface area contributed by atoms with E-state index < -0.39 is 0 Å². The average molecular weight is 380 g/mol. The van der Waals surface area contributed by atoms with E-state index in [-0.39, 0.29) is 30.1 Å². The molecule has 1 aromatic carbocycles. The molecule has 6 heteroatoms. The molecule has 2 fully saturated rings. The van der Waals surface area contributed by atoms with Gasteiger partial charge in [0.15, 0.2) is 0 Å². The van der Waals surface area contributed by atoms with Crippen molar-refractivity contribution in [2.75, 3.05) is 33.2 Å². The largest absolute Gasteiger partial charge is 0.342 e. The summed E-state index contributed by atoms with van der Waals surface area (Å²) in [7, 11) is 1.93. The molecule has 2 heterocycles. The monoisotopic (exact) mass is 379 g/mol. The summed E-state index contributed by atoms with van der Waals surface area (Å²) >= 11 is 0. The van der Waals surface area contributed by atoms with Crippen LogP contribution in [0.15, 0.2) is 24.3 Å². The lowest BCUT2D eigenvalue weighted by Gasteiger charge is -2.37. The number of carbonyl (C=O) groups is 2. The first-order valence-corrected chi connectivity index (χ1v) is 9.39. The van der Waals surface area contributed by atoms with Gasteiger partial charge in [-0.05, 0) is 57.8 Å². The van der Waals surface area contributed by atoms with E-state index in [1.54, 1.807) is 0 Å². The highest BCUT2D eigenvalue weighted by Gasteiger charge is 2.33. The van der Waals surface area contributed by atoms with Crippen molar-refractivity contribution < 1.29 is 9.59 Å². The Morgan fingerprint density at radius 1 is 1.12 bits per heavy atom. The van der Waals surface area contributed by atoms with E-state index in [0.29, 0.717) is 18.2 Å². The zero-order chi connectivity index (χ0) is 17.8. The number of hydrogen-bond donors (Lipinski definition) is 1. The van der Waals surface area contributed by atoms with Gasteiger partial charge in [0, 0.05) is 31.7 Å². The van der Waals surface area contributed by atoms with Crippen LogP contribution in [0.5, 0.6) is 0 Å². The van der Waals surface area contributed by atoms with Gasteiger partial charge >= 0.3 is 0 Å². The third-order valence-electron chi connectivity index (χ3n) is 5.56. The van der Waals surface area contributed by atoms with Crippen LogP contribution in [0.3, 0.4) is 0 Å². The van der Waals surface area contributed by atoms with Gasteiger partial charge in [0.2, 0.25) is 5.91 Å². The van der Waals surface area contributed by atoms with E-state index in [2.05, 4.69) is 5.32 Å². The molecule has 1 atom stereocenters. The van der Waals surface area contributed by atoms with Crippen LogP contribution in [-0.4, -0.2) is 60.9 Å². The van der Waals surface area contributed by atoms with Crippen molar-refractivity contribution in [1.29, 1.82) is 0 Å². The SMILES string of the molecule is Cc1ccc(C(=O)N2CCCC(C(=O)N(C)C3CCNCC3)C2)cc1.Cl. The van der Waals surface area contributed by atoms with Crippen molar-refractivity contribution in [1.82, 2.24) is 15.1 Å². The van der Waals surface area contributed by atoms with Crippen LogP contribution in [-0.2, 0) is 4.79 Å². The van der Waals surface area contributed by atoms with Crippen LogP contribution in [0, 0.1) is 12.8 Å². The molecule has 0 spiro atoms. The predicted molar refractivity (Wildman–Crippen MR) is 106 cm³/mol. The predicted octanol–water partition coefficient (Wildman–Crippen LogP) is 2.48. The molecule has 0 bridgehead atoms. The van der Waals surface area contributed by atoms with E-state index in [9.17, 15) is 9.59 Å². The topological polar surface area (TPSA) is 52.7 Å². The highest BCUT2D eigenvalue weighted by Crippen LogP contribution is 2.22. The standard InChI is InChI=1S/C20H29N3O2.ClH/c1-15-5-7-16(8-6-15)20(25)23-13-3-4-17(14-23)19(24)22(2)18-9-11-21-12-10-18;/h5-8,17-18,21H,3-4,9-14H2,1-2H3;1H. The minimum atomic E-state index is -0.0666. The van der Waals surface area contributed by atoms with Gasteiger partial charge in [0.1, 0.15) is 0 Å². The molecule has 0 radical (unpaired) electrons. The van der Waals surface area contributed by atoms with Gasteiger partial charge in [-0.15, -0.1) is 12.4 Å². The number of benzene rings is 1. The first-order valence-electron chi connectivity index (χ1n) is 9.39. The first-order chi connectivity index (χ1) is 12.1. The fourth-order valence-electron chi connectivity index (χ4n) is 3.90. The van der Waals surface area contributed by atoms with Crippen molar-refractivity contribution in [2.24, 2.45) is 5.92 Å². The molecule has 1 aromatic rings. The maximum atomic E-state index is 12.9. The molecule has 1 N–H and O–H groups in total. The Kier molecular flexibility index (Phi) is 7.47. The van der Waals surface area contributed by atoms with Crippen LogP contribution in [0.25, 0.3) is 0 Å². The highest BCUT2D eigenvalue weighted by molar-refractivity contribution is 5.94. The molecule has 2 saturated heterocycles. The lowest BCUT2D eigenvalue weighted by molar-refractivity contribution is -0.138. The molecule has 2 amide bonds. The third kappa shape index (κ3) is 4.77. The van der Waals surface area contributed by atoms with Crippen LogP contribution >= 0.6 is 12.4 Å². The number of aryl methyl sites for hydroxylation is 1. The second-order valence-corrected chi connectivity index (χ2v) is 7.39. The van der Waals surface area contributed by atoms with Gasteiger partial charge < -0.3 is 15.1 Å². The van der Waals surface area contributed by atoms with Gasteiger partial charge in [-0.2, -0.15) is 0 Å². The van der Waals surface area contributed by atoms with Crippen molar-refractivity contribution in [3.63, 3.8) is 0 Å². The van der Waals surface area contributed by atoms with Crippen LogP contribution in [0.4, 0.5) is 0 Å². The molecule has 26 heavy (non-hydrogen) atoms.